The molecule has 2 N–H and O–H groups in total. The number of aryl methyl sites for hydroxylation is 1. The number of carbonyl (C=O) groups is 1. The quantitative estimate of drug-likeness (QED) is 0.613. The van der Waals surface area contributed by atoms with E-state index in [1.165, 1.54) is 15.8 Å². The van der Waals surface area contributed by atoms with Crippen molar-refractivity contribution < 1.29 is 9.53 Å². The molecule has 0 bridgehead atoms. The highest BCUT2D eigenvalue weighted by Gasteiger charge is 2.08. The van der Waals surface area contributed by atoms with Crippen molar-refractivity contribution in [3.05, 3.63) is 12.2 Å². The molecule has 10 nitrogen and oxygen atoms in total. The van der Waals surface area contributed by atoms with Gasteiger partial charge in [-0.3, -0.25) is 4.79 Å². The van der Waals surface area contributed by atoms with Gasteiger partial charge in [0.2, 0.25) is 11.8 Å². The molecule has 0 unspecified atom stereocenters. The van der Waals surface area contributed by atoms with Crippen LogP contribution in [0.1, 0.15) is 5.82 Å². The lowest BCUT2D eigenvalue weighted by molar-refractivity contribution is -0.146. The highest BCUT2D eigenvalue weighted by atomic mass is 16.5. The number of tetrazole rings is 1. The molecule has 0 saturated heterocycles. The number of aromatic nitrogens is 7. The van der Waals surface area contributed by atoms with Crippen molar-refractivity contribution in [3.8, 4) is 0 Å². The molecule has 0 atom stereocenters. The molecule has 0 aliphatic rings. The predicted molar refractivity (Wildman–Crippen MR) is 53.0 cm³/mol. The minimum absolute atomic E-state index is 0.0309. The van der Waals surface area contributed by atoms with Gasteiger partial charge in [-0.1, -0.05) is 0 Å². The summed E-state index contributed by atoms with van der Waals surface area (Å²) in [7, 11) is 1.62. The summed E-state index contributed by atoms with van der Waals surface area (Å²) in [6.07, 6.45) is 1.34. The molecule has 2 heterocycles. The van der Waals surface area contributed by atoms with Crippen molar-refractivity contribution in [2.24, 2.45) is 7.05 Å². The molecule has 0 spiro atoms. The van der Waals surface area contributed by atoms with E-state index in [9.17, 15) is 4.79 Å². The standard InChI is InChI=1S/C7H10N8O2/c1-14-11-5(10-13-14)3-17-6(16)2-15-4-9-7(8)12-15/h4H,2-3H2,1H3,(H2,8,12). The monoisotopic (exact) mass is 238 g/mol. The van der Waals surface area contributed by atoms with E-state index in [1.807, 2.05) is 0 Å². The summed E-state index contributed by atoms with van der Waals surface area (Å²) in [4.78, 5) is 16.3. The number of hydrogen-bond acceptors (Lipinski definition) is 8. The van der Waals surface area contributed by atoms with E-state index in [2.05, 4.69) is 25.5 Å². The Bertz CT molecular complexity index is 517. The lowest BCUT2D eigenvalue weighted by atomic mass is 10.6. The highest BCUT2D eigenvalue weighted by Crippen LogP contribution is 1.94. The molecule has 0 amide bonds. The second-order valence-corrected chi connectivity index (χ2v) is 3.16. The maximum Gasteiger partial charge on any atom is 0.328 e. The second kappa shape index (κ2) is 4.55. The summed E-state index contributed by atoms with van der Waals surface area (Å²) in [5.41, 5.74) is 5.30. The Labute approximate surface area is 95.4 Å². The van der Waals surface area contributed by atoms with Crippen LogP contribution in [0.25, 0.3) is 0 Å². The fraction of sp³-hybridized carbons (Fsp3) is 0.429. The van der Waals surface area contributed by atoms with Gasteiger partial charge in [0.15, 0.2) is 6.61 Å². The first-order valence-corrected chi connectivity index (χ1v) is 4.67. The zero-order valence-electron chi connectivity index (χ0n) is 9.02. The Balaban J connectivity index is 1.82. The van der Waals surface area contributed by atoms with Gasteiger partial charge in [0.25, 0.3) is 0 Å². The fourth-order valence-corrected chi connectivity index (χ4v) is 1.09. The smallest absolute Gasteiger partial charge is 0.328 e. The van der Waals surface area contributed by atoms with Crippen molar-refractivity contribution >= 4 is 11.9 Å². The first-order chi connectivity index (χ1) is 8.13. The van der Waals surface area contributed by atoms with Crippen LogP contribution in [-0.2, 0) is 29.7 Å². The third kappa shape index (κ3) is 2.96. The van der Waals surface area contributed by atoms with Gasteiger partial charge in [0.05, 0.1) is 7.05 Å². The van der Waals surface area contributed by atoms with E-state index in [0.717, 1.165) is 0 Å². The zero-order valence-corrected chi connectivity index (χ0v) is 9.02. The van der Waals surface area contributed by atoms with Crippen LogP contribution in [0, 0.1) is 0 Å². The topological polar surface area (TPSA) is 127 Å². The Hall–Kier alpha value is -2.52. The summed E-state index contributed by atoms with van der Waals surface area (Å²) in [5, 5.41) is 14.9. The van der Waals surface area contributed by atoms with Crippen LogP contribution in [0.5, 0.6) is 0 Å². The normalized spacial score (nSPS) is 10.4. The Morgan fingerprint density at radius 2 is 2.35 bits per heavy atom. The third-order valence-electron chi connectivity index (χ3n) is 1.76. The number of carbonyl (C=O) groups excluding carboxylic acids is 1. The fourth-order valence-electron chi connectivity index (χ4n) is 1.09. The molecule has 2 rings (SSSR count). The van der Waals surface area contributed by atoms with Gasteiger partial charge >= 0.3 is 5.97 Å². The number of esters is 1. The molecule has 17 heavy (non-hydrogen) atoms. The molecule has 2 aromatic heterocycles. The summed E-state index contributed by atoms with van der Waals surface area (Å²) >= 11 is 0. The van der Waals surface area contributed by atoms with Gasteiger partial charge in [0.1, 0.15) is 12.9 Å². The van der Waals surface area contributed by atoms with Crippen LogP contribution in [0.2, 0.25) is 0 Å². The largest absolute Gasteiger partial charge is 0.456 e. The molecule has 0 aliphatic carbocycles. The summed E-state index contributed by atoms with van der Waals surface area (Å²) < 4.78 is 6.19. The van der Waals surface area contributed by atoms with Crippen molar-refractivity contribution in [3.63, 3.8) is 0 Å². The van der Waals surface area contributed by atoms with Gasteiger partial charge in [-0.15, -0.1) is 15.3 Å². The first kappa shape index (κ1) is 11.0. The van der Waals surface area contributed by atoms with Gasteiger partial charge in [0, 0.05) is 0 Å². The van der Waals surface area contributed by atoms with Crippen molar-refractivity contribution in [1.29, 1.82) is 0 Å². The maximum absolute atomic E-state index is 11.4. The number of hydrogen-bond donors (Lipinski definition) is 1. The molecule has 0 aromatic carbocycles. The zero-order chi connectivity index (χ0) is 12.3. The number of nitrogens with zero attached hydrogens (tertiary/aromatic N) is 7. The molecule has 10 heteroatoms. The van der Waals surface area contributed by atoms with E-state index in [1.54, 1.807) is 7.05 Å². The number of anilines is 1. The average Bonchev–Trinajstić information content (AvgIpc) is 2.85. The predicted octanol–water partition coefficient (Wildman–Crippen LogP) is -1.87. The van der Waals surface area contributed by atoms with Crippen LogP contribution in [0.3, 0.4) is 0 Å². The Morgan fingerprint density at radius 1 is 1.53 bits per heavy atom. The van der Waals surface area contributed by atoms with E-state index in [-0.39, 0.29) is 19.1 Å². The SMILES string of the molecule is Cn1nnc(COC(=O)Cn2cnc(N)n2)n1. The maximum atomic E-state index is 11.4. The molecular formula is C7H10N8O2. The van der Waals surface area contributed by atoms with Crippen molar-refractivity contribution in [1.82, 2.24) is 35.0 Å². The third-order valence-corrected chi connectivity index (χ3v) is 1.76. The average molecular weight is 238 g/mol. The highest BCUT2D eigenvalue weighted by molar-refractivity contribution is 5.68. The molecule has 0 radical (unpaired) electrons. The van der Waals surface area contributed by atoms with Crippen LogP contribution in [-0.4, -0.2) is 40.9 Å². The first-order valence-electron chi connectivity index (χ1n) is 4.67. The van der Waals surface area contributed by atoms with Crippen molar-refractivity contribution in [2.45, 2.75) is 13.2 Å². The Morgan fingerprint density at radius 3 is 2.94 bits per heavy atom. The minimum atomic E-state index is -0.484. The number of ether oxygens (including phenoxy) is 1. The van der Waals surface area contributed by atoms with Crippen LogP contribution in [0.15, 0.2) is 6.33 Å². The molecule has 0 aliphatic heterocycles. The lowest BCUT2D eigenvalue weighted by Crippen LogP contribution is -2.14. The molecular weight excluding hydrogens is 228 g/mol. The van der Waals surface area contributed by atoms with Gasteiger partial charge in [-0.25, -0.2) is 9.67 Å². The van der Waals surface area contributed by atoms with Crippen LogP contribution < -0.4 is 5.73 Å². The number of nitrogens with two attached hydrogens (primary N) is 1. The lowest BCUT2D eigenvalue weighted by Gasteiger charge is -2.01. The van der Waals surface area contributed by atoms with Gasteiger partial charge < -0.3 is 10.5 Å². The molecule has 0 fully saturated rings. The van der Waals surface area contributed by atoms with E-state index < -0.39 is 5.97 Å². The number of nitrogen functional groups attached to an aromatic ring is 1. The van der Waals surface area contributed by atoms with Crippen LogP contribution >= 0.6 is 0 Å². The minimum Gasteiger partial charge on any atom is -0.456 e. The van der Waals surface area contributed by atoms with Crippen LogP contribution in [0.4, 0.5) is 5.95 Å². The summed E-state index contributed by atoms with van der Waals surface area (Å²) in [6, 6.07) is 0. The molecule has 0 saturated carbocycles. The van der Waals surface area contributed by atoms with Crippen molar-refractivity contribution in [2.75, 3.05) is 5.73 Å². The van der Waals surface area contributed by atoms with Gasteiger partial charge in [-0.2, -0.15) is 4.80 Å². The molecule has 2 aromatic rings. The second-order valence-electron chi connectivity index (χ2n) is 3.16. The summed E-state index contributed by atoms with van der Waals surface area (Å²) in [6.45, 7) is -0.0959. The van der Waals surface area contributed by atoms with E-state index >= 15 is 0 Å². The van der Waals surface area contributed by atoms with E-state index in [4.69, 9.17) is 10.5 Å². The van der Waals surface area contributed by atoms with E-state index in [0.29, 0.717) is 5.82 Å². The Kier molecular flexibility index (Phi) is 2.94. The van der Waals surface area contributed by atoms with Gasteiger partial charge in [-0.05, 0) is 5.21 Å². The summed E-state index contributed by atoms with van der Waals surface area (Å²) in [5.74, 6) is -0.0466. The number of rotatable bonds is 4. The molecule has 90 valence electrons.